The van der Waals surface area contributed by atoms with E-state index < -0.39 is 0 Å². The minimum atomic E-state index is 0.651. The molecule has 0 spiro atoms. The fourth-order valence-electron chi connectivity index (χ4n) is 1.21. The Balaban J connectivity index is 2.32. The number of allylic oxidation sites excluding steroid dienone is 1. The maximum Gasteiger partial charge on any atom is 0.00226 e. The SMILES string of the molecule is C=CC1CCC(S)C1. The van der Waals surface area contributed by atoms with Gasteiger partial charge in [-0.05, 0) is 25.2 Å². The molecular weight excluding hydrogens is 116 g/mol. The molecule has 1 saturated carbocycles. The monoisotopic (exact) mass is 128 g/mol. The van der Waals surface area contributed by atoms with Gasteiger partial charge in [0.2, 0.25) is 0 Å². The van der Waals surface area contributed by atoms with Gasteiger partial charge < -0.3 is 0 Å². The molecule has 2 unspecified atom stereocenters. The van der Waals surface area contributed by atoms with Crippen molar-refractivity contribution >= 4 is 12.6 Å². The summed E-state index contributed by atoms with van der Waals surface area (Å²) in [6, 6.07) is 0. The molecule has 0 radical (unpaired) electrons. The van der Waals surface area contributed by atoms with Crippen LogP contribution in [0.25, 0.3) is 0 Å². The lowest BCUT2D eigenvalue weighted by molar-refractivity contribution is 0.690. The second-order valence-electron chi connectivity index (χ2n) is 2.46. The van der Waals surface area contributed by atoms with Gasteiger partial charge in [-0.25, -0.2) is 0 Å². The lowest BCUT2D eigenvalue weighted by Gasteiger charge is -1.97. The van der Waals surface area contributed by atoms with Crippen LogP contribution in [-0.4, -0.2) is 5.25 Å². The molecule has 0 aromatic rings. The van der Waals surface area contributed by atoms with Gasteiger partial charge in [-0.1, -0.05) is 6.08 Å². The molecule has 0 aromatic heterocycles. The summed E-state index contributed by atoms with van der Waals surface area (Å²) < 4.78 is 0. The van der Waals surface area contributed by atoms with Crippen LogP contribution >= 0.6 is 12.6 Å². The fraction of sp³-hybridized carbons (Fsp3) is 0.714. The van der Waals surface area contributed by atoms with Gasteiger partial charge in [-0.3, -0.25) is 0 Å². The molecule has 46 valence electrons. The van der Waals surface area contributed by atoms with Crippen LogP contribution in [-0.2, 0) is 0 Å². The van der Waals surface area contributed by atoms with E-state index in [1.165, 1.54) is 19.3 Å². The maximum absolute atomic E-state index is 4.36. The van der Waals surface area contributed by atoms with Crippen LogP contribution in [0.4, 0.5) is 0 Å². The zero-order valence-corrected chi connectivity index (χ0v) is 5.90. The van der Waals surface area contributed by atoms with E-state index in [9.17, 15) is 0 Å². The van der Waals surface area contributed by atoms with Crippen LogP contribution in [0.5, 0.6) is 0 Å². The summed E-state index contributed by atoms with van der Waals surface area (Å²) in [5.74, 6) is 0.762. The first-order chi connectivity index (χ1) is 3.83. The van der Waals surface area contributed by atoms with Crippen LogP contribution in [0, 0.1) is 5.92 Å². The van der Waals surface area contributed by atoms with E-state index in [4.69, 9.17) is 0 Å². The Labute approximate surface area is 56.4 Å². The molecule has 0 saturated heterocycles. The van der Waals surface area contributed by atoms with Gasteiger partial charge in [0.15, 0.2) is 0 Å². The molecule has 1 heteroatoms. The van der Waals surface area contributed by atoms with Crippen molar-refractivity contribution in [1.29, 1.82) is 0 Å². The summed E-state index contributed by atoms with van der Waals surface area (Å²) in [4.78, 5) is 0. The Hall–Kier alpha value is 0.0900. The van der Waals surface area contributed by atoms with Gasteiger partial charge in [0, 0.05) is 5.25 Å². The third-order valence-electron chi connectivity index (χ3n) is 1.78. The van der Waals surface area contributed by atoms with Crippen LogP contribution < -0.4 is 0 Å². The Kier molecular flexibility index (Phi) is 2.01. The average molecular weight is 128 g/mol. The zero-order valence-electron chi connectivity index (χ0n) is 5.01. The molecule has 0 N–H and O–H groups in total. The molecule has 1 rings (SSSR count). The summed E-state index contributed by atoms with van der Waals surface area (Å²) in [5, 5.41) is 0.651. The van der Waals surface area contributed by atoms with Crippen LogP contribution in [0.2, 0.25) is 0 Å². The highest BCUT2D eigenvalue weighted by atomic mass is 32.1. The van der Waals surface area contributed by atoms with Gasteiger partial charge >= 0.3 is 0 Å². The molecule has 1 aliphatic rings. The molecule has 0 bridgehead atoms. The van der Waals surface area contributed by atoms with Gasteiger partial charge in [-0.2, -0.15) is 12.6 Å². The number of hydrogen-bond acceptors (Lipinski definition) is 1. The first-order valence-electron chi connectivity index (χ1n) is 3.13. The zero-order chi connectivity index (χ0) is 5.98. The summed E-state index contributed by atoms with van der Waals surface area (Å²) >= 11 is 4.36. The Morgan fingerprint density at radius 3 is 2.50 bits per heavy atom. The van der Waals surface area contributed by atoms with E-state index in [-0.39, 0.29) is 0 Å². The Morgan fingerprint density at radius 2 is 2.25 bits per heavy atom. The number of rotatable bonds is 1. The average Bonchev–Trinajstić information content (AvgIpc) is 2.14. The van der Waals surface area contributed by atoms with Crippen LogP contribution in [0.1, 0.15) is 19.3 Å². The first kappa shape index (κ1) is 6.21. The van der Waals surface area contributed by atoms with Crippen LogP contribution in [0.3, 0.4) is 0 Å². The van der Waals surface area contributed by atoms with E-state index >= 15 is 0 Å². The molecule has 1 fully saturated rings. The molecule has 1 aliphatic carbocycles. The van der Waals surface area contributed by atoms with E-state index in [0.29, 0.717) is 5.25 Å². The largest absolute Gasteiger partial charge is 0.176 e. The smallest absolute Gasteiger partial charge is 0.00226 e. The van der Waals surface area contributed by atoms with Crippen molar-refractivity contribution in [3.05, 3.63) is 12.7 Å². The maximum atomic E-state index is 4.36. The lowest BCUT2D eigenvalue weighted by atomic mass is 10.1. The van der Waals surface area contributed by atoms with Gasteiger partial charge in [-0.15, -0.1) is 6.58 Å². The second kappa shape index (κ2) is 2.58. The first-order valence-corrected chi connectivity index (χ1v) is 3.65. The molecule has 2 atom stereocenters. The highest BCUT2D eigenvalue weighted by Gasteiger charge is 2.18. The molecule has 0 amide bonds. The molecule has 0 aromatic carbocycles. The lowest BCUT2D eigenvalue weighted by Crippen LogP contribution is -1.89. The summed E-state index contributed by atoms with van der Waals surface area (Å²) in [7, 11) is 0. The number of hydrogen-bond donors (Lipinski definition) is 1. The number of thiol groups is 1. The van der Waals surface area contributed by atoms with Crippen molar-refractivity contribution in [1.82, 2.24) is 0 Å². The van der Waals surface area contributed by atoms with E-state index in [2.05, 4.69) is 25.3 Å². The summed E-state index contributed by atoms with van der Waals surface area (Å²) in [5.41, 5.74) is 0. The van der Waals surface area contributed by atoms with Crippen molar-refractivity contribution in [3.63, 3.8) is 0 Å². The van der Waals surface area contributed by atoms with Gasteiger partial charge in [0.25, 0.3) is 0 Å². The molecule has 8 heavy (non-hydrogen) atoms. The highest BCUT2D eigenvalue weighted by molar-refractivity contribution is 7.80. The summed E-state index contributed by atoms with van der Waals surface area (Å²) in [6.07, 6.45) is 5.88. The fourth-order valence-corrected chi connectivity index (χ4v) is 1.63. The van der Waals surface area contributed by atoms with Crippen molar-refractivity contribution in [2.75, 3.05) is 0 Å². The van der Waals surface area contributed by atoms with Crippen molar-refractivity contribution in [3.8, 4) is 0 Å². The van der Waals surface area contributed by atoms with E-state index in [0.717, 1.165) is 5.92 Å². The second-order valence-corrected chi connectivity index (χ2v) is 3.19. The quantitative estimate of drug-likeness (QED) is 0.406. The van der Waals surface area contributed by atoms with Gasteiger partial charge in [0.05, 0.1) is 0 Å². The van der Waals surface area contributed by atoms with E-state index in [1.807, 2.05) is 0 Å². The standard InChI is InChI=1S/C7H12S/c1-2-6-3-4-7(8)5-6/h2,6-8H,1,3-5H2. The van der Waals surface area contributed by atoms with Crippen molar-refractivity contribution < 1.29 is 0 Å². The molecule has 0 heterocycles. The Bertz CT molecular complexity index is 88.4. The van der Waals surface area contributed by atoms with Crippen LogP contribution in [0.15, 0.2) is 12.7 Å². The Morgan fingerprint density at radius 1 is 1.50 bits per heavy atom. The predicted molar refractivity (Wildman–Crippen MR) is 40.3 cm³/mol. The normalized spacial score (nSPS) is 37.6. The molecule has 0 nitrogen and oxygen atoms in total. The topological polar surface area (TPSA) is 0 Å². The third-order valence-corrected chi connectivity index (χ3v) is 2.25. The van der Waals surface area contributed by atoms with Crippen molar-refractivity contribution in [2.45, 2.75) is 24.5 Å². The minimum absolute atomic E-state index is 0.651. The molecular formula is C7H12S. The third kappa shape index (κ3) is 1.28. The predicted octanol–water partition coefficient (Wildman–Crippen LogP) is 2.27. The minimum Gasteiger partial charge on any atom is -0.176 e. The highest BCUT2D eigenvalue weighted by Crippen LogP contribution is 2.29. The molecule has 0 aliphatic heterocycles. The van der Waals surface area contributed by atoms with Gasteiger partial charge in [0.1, 0.15) is 0 Å². The van der Waals surface area contributed by atoms with E-state index in [1.54, 1.807) is 0 Å². The van der Waals surface area contributed by atoms with Crippen molar-refractivity contribution in [2.24, 2.45) is 5.92 Å². The summed E-state index contributed by atoms with van der Waals surface area (Å²) in [6.45, 7) is 3.74.